The molecule has 6 heteroatoms. The van der Waals surface area contributed by atoms with Gasteiger partial charge in [-0.1, -0.05) is 12.1 Å². The number of hydrogen-bond donors (Lipinski definition) is 2. The van der Waals surface area contributed by atoms with E-state index in [-0.39, 0.29) is 6.54 Å². The molecule has 0 aliphatic carbocycles. The first kappa shape index (κ1) is 12.8. The first-order chi connectivity index (χ1) is 8.54. The largest absolute Gasteiger partial charge is 0.329 e. The van der Waals surface area contributed by atoms with Crippen molar-refractivity contribution >= 4 is 26.5 Å². The first-order valence-electron chi connectivity index (χ1n) is 5.59. The quantitative estimate of drug-likeness (QED) is 0.873. The summed E-state index contributed by atoms with van der Waals surface area (Å²) in [5, 5.41) is 1.08. The molecule has 0 bridgehead atoms. The number of anilines is 1. The van der Waals surface area contributed by atoms with Crippen LogP contribution >= 0.6 is 0 Å². The van der Waals surface area contributed by atoms with E-state index < -0.39 is 15.3 Å². The number of nitrogens with zero attached hydrogens (tertiary/aromatic N) is 1. The number of nitrogens with two attached hydrogens (primary N) is 1. The van der Waals surface area contributed by atoms with Gasteiger partial charge in [-0.3, -0.25) is 9.71 Å². The van der Waals surface area contributed by atoms with E-state index in [2.05, 4.69) is 9.71 Å². The number of sulfonamides is 1. The molecule has 18 heavy (non-hydrogen) atoms. The van der Waals surface area contributed by atoms with Crippen LogP contribution in [0.2, 0.25) is 0 Å². The van der Waals surface area contributed by atoms with Crippen LogP contribution in [-0.2, 0) is 10.0 Å². The fourth-order valence-corrected chi connectivity index (χ4v) is 2.53. The van der Waals surface area contributed by atoms with Crippen molar-refractivity contribution in [3.05, 3.63) is 36.7 Å². The lowest BCUT2D eigenvalue weighted by molar-refractivity contribution is 0.589. The highest BCUT2D eigenvalue weighted by molar-refractivity contribution is 7.93. The summed E-state index contributed by atoms with van der Waals surface area (Å²) >= 11 is 0. The van der Waals surface area contributed by atoms with Crippen LogP contribution in [-0.4, -0.2) is 25.2 Å². The van der Waals surface area contributed by atoms with E-state index in [1.165, 1.54) is 0 Å². The Morgan fingerprint density at radius 1 is 1.39 bits per heavy atom. The molecule has 0 amide bonds. The summed E-state index contributed by atoms with van der Waals surface area (Å²) in [6, 6.07) is 7.17. The molecule has 3 N–H and O–H groups in total. The van der Waals surface area contributed by atoms with Gasteiger partial charge in [-0.25, -0.2) is 8.42 Å². The molecular formula is C12H15N3O2S. The van der Waals surface area contributed by atoms with Crippen LogP contribution in [0.1, 0.15) is 6.92 Å². The SMILES string of the molecule is CC(CN)S(=O)(=O)Nc1cccc2cnccc12. The zero-order valence-electron chi connectivity index (χ0n) is 10.00. The number of hydrogen-bond acceptors (Lipinski definition) is 4. The van der Waals surface area contributed by atoms with E-state index in [4.69, 9.17) is 5.73 Å². The Bertz CT molecular complexity index is 650. The molecule has 1 heterocycles. The number of aromatic nitrogens is 1. The van der Waals surface area contributed by atoms with E-state index in [1.807, 2.05) is 6.07 Å². The number of nitrogens with one attached hydrogen (secondary N) is 1. The molecule has 1 atom stereocenters. The Morgan fingerprint density at radius 3 is 2.89 bits per heavy atom. The van der Waals surface area contributed by atoms with Gasteiger partial charge in [0.05, 0.1) is 10.9 Å². The van der Waals surface area contributed by atoms with E-state index in [9.17, 15) is 8.42 Å². The van der Waals surface area contributed by atoms with Gasteiger partial charge in [0.15, 0.2) is 0 Å². The van der Waals surface area contributed by atoms with Crippen molar-refractivity contribution in [2.45, 2.75) is 12.2 Å². The minimum absolute atomic E-state index is 0.0850. The van der Waals surface area contributed by atoms with Crippen LogP contribution in [0.15, 0.2) is 36.7 Å². The van der Waals surface area contributed by atoms with Crippen molar-refractivity contribution in [2.75, 3.05) is 11.3 Å². The fraction of sp³-hybridized carbons (Fsp3) is 0.250. The maximum atomic E-state index is 12.0. The minimum atomic E-state index is -3.45. The molecule has 5 nitrogen and oxygen atoms in total. The summed E-state index contributed by atoms with van der Waals surface area (Å²) in [6.07, 6.45) is 3.33. The van der Waals surface area contributed by atoms with Crippen molar-refractivity contribution in [1.29, 1.82) is 0 Å². The van der Waals surface area contributed by atoms with Gasteiger partial charge in [0.2, 0.25) is 10.0 Å². The Labute approximate surface area is 106 Å². The van der Waals surface area contributed by atoms with E-state index in [0.717, 1.165) is 10.8 Å². The second-order valence-corrected chi connectivity index (χ2v) is 6.19. The summed E-state index contributed by atoms with van der Waals surface area (Å²) in [5.41, 5.74) is 5.95. The maximum absolute atomic E-state index is 12.0. The average Bonchev–Trinajstić information content (AvgIpc) is 2.38. The molecule has 0 fully saturated rings. The molecule has 1 aromatic carbocycles. The lowest BCUT2D eigenvalue weighted by atomic mass is 10.1. The summed E-state index contributed by atoms with van der Waals surface area (Å²) in [6.45, 7) is 1.66. The van der Waals surface area contributed by atoms with Gasteiger partial charge in [0.1, 0.15) is 0 Å². The highest BCUT2D eigenvalue weighted by atomic mass is 32.2. The van der Waals surface area contributed by atoms with Crippen molar-refractivity contribution in [2.24, 2.45) is 5.73 Å². The van der Waals surface area contributed by atoms with Crippen molar-refractivity contribution in [3.8, 4) is 0 Å². The van der Waals surface area contributed by atoms with E-state index >= 15 is 0 Å². The molecule has 0 aliphatic heterocycles. The molecule has 2 aromatic rings. The van der Waals surface area contributed by atoms with Crippen molar-refractivity contribution in [3.63, 3.8) is 0 Å². The van der Waals surface area contributed by atoms with Gasteiger partial charge in [0.25, 0.3) is 0 Å². The Hall–Kier alpha value is -1.66. The van der Waals surface area contributed by atoms with E-state index in [1.54, 1.807) is 37.5 Å². The average molecular weight is 265 g/mol. The molecule has 1 unspecified atom stereocenters. The topological polar surface area (TPSA) is 85.1 Å². The predicted octanol–water partition coefficient (Wildman–Crippen LogP) is 1.32. The van der Waals surface area contributed by atoms with Gasteiger partial charge >= 0.3 is 0 Å². The standard InChI is InChI=1S/C12H15N3O2S/c1-9(7-13)18(16,17)15-12-4-2-3-10-8-14-6-5-11(10)12/h2-6,8-9,15H,7,13H2,1H3. The monoisotopic (exact) mass is 265 g/mol. The third-order valence-electron chi connectivity index (χ3n) is 2.79. The highest BCUT2D eigenvalue weighted by Crippen LogP contribution is 2.23. The van der Waals surface area contributed by atoms with Gasteiger partial charge in [0, 0.05) is 29.7 Å². The molecule has 0 spiro atoms. The van der Waals surface area contributed by atoms with Crippen molar-refractivity contribution < 1.29 is 8.42 Å². The third-order valence-corrected chi connectivity index (χ3v) is 4.55. The fourth-order valence-electron chi connectivity index (χ4n) is 1.59. The first-order valence-corrected chi connectivity index (χ1v) is 7.13. The molecule has 2 rings (SSSR count). The van der Waals surface area contributed by atoms with Crippen LogP contribution in [0, 0.1) is 0 Å². The molecule has 1 aromatic heterocycles. The lowest BCUT2D eigenvalue weighted by Gasteiger charge is -2.14. The van der Waals surface area contributed by atoms with Gasteiger partial charge in [-0.05, 0) is 19.1 Å². The van der Waals surface area contributed by atoms with Crippen LogP contribution in [0.4, 0.5) is 5.69 Å². The van der Waals surface area contributed by atoms with E-state index in [0.29, 0.717) is 5.69 Å². The van der Waals surface area contributed by atoms with Crippen LogP contribution in [0.5, 0.6) is 0 Å². The molecule has 0 saturated carbocycles. The summed E-state index contributed by atoms with van der Waals surface area (Å²) in [5.74, 6) is 0. The second kappa shape index (κ2) is 4.91. The smallest absolute Gasteiger partial charge is 0.236 e. The second-order valence-electron chi connectivity index (χ2n) is 4.10. The van der Waals surface area contributed by atoms with Crippen LogP contribution in [0.3, 0.4) is 0 Å². The van der Waals surface area contributed by atoms with Crippen molar-refractivity contribution in [1.82, 2.24) is 4.98 Å². The summed E-state index contributed by atoms with van der Waals surface area (Å²) < 4.78 is 26.5. The van der Waals surface area contributed by atoms with Gasteiger partial charge in [-0.15, -0.1) is 0 Å². The predicted molar refractivity (Wildman–Crippen MR) is 72.8 cm³/mol. The number of rotatable bonds is 4. The maximum Gasteiger partial charge on any atom is 0.236 e. The summed E-state index contributed by atoms with van der Waals surface area (Å²) in [4.78, 5) is 4.00. The molecule has 0 saturated heterocycles. The molecular weight excluding hydrogens is 250 g/mol. The molecule has 96 valence electrons. The minimum Gasteiger partial charge on any atom is -0.329 e. The Kier molecular flexibility index (Phi) is 3.49. The summed E-state index contributed by atoms with van der Waals surface area (Å²) in [7, 11) is -3.45. The molecule has 0 aliphatic rings. The lowest BCUT2D eigenvalue weighted by Crippen LogP contribution is -2.31. The zero-order valence-corrected chi connectivity index (χ0v) is 10.8. The van der Waals surface area contributed by atoms with Crippen LogP contribution in [0.25, 0.3) is 10.8 Å². The number of fused-ring (bicyclic) bond motifs is 1. The van der Waals surface area contributed by atoms with Gasteiger partial charge < -0.3 is 5.73 Å². The normalized spacial score (nSPS) is 13.4. The number of benzene rings is 1. The zero-order chi connectivity index (χ0) is 13.2. The van der Waals surface area contributed by atoms with Gasteiger partial charge in [-0.2, -0.15) is 0 Å². The third kappa shape index (κ3) is 2.44. The molecule has 0 radical (unpaired) electrons. The Morgan fingerprint density at radius 2 is 2.17 bits per heavy atom. The Balaban J connectivity index is 2.44. The highest BCUT2D eigenvalue weighted by Gasteiger charge is 2.19. The van der Waals surface area contributed by atoms with Crippen LogP contribution < -0.4 is 10.5 Å². The number of pyridine rings is 1.